The minimum Gasteiger partial charge on any atom is -0.481 e. The lowest BCUT2D eigenvalue weighted by Crippen LogP contribution is -2.30. The number of carbonyl (C=O) groups excluding carboxylic acids is 3. The molecule has 4 atom stereocenters. The van der Waals surface area contributed by atoms with E-state index >= 15 is 0 Å². The number of esters is 3. The van der Waals surface area contributed by atoms with E-state index in [9.17, 15) is 44.4 Å². The zero-order chi connectivity index (χ0) is 83.2. The van der Waals surface area contributed by atoms with Gasteiger partial charge in [-0.15, -0.1) is 13.2 Å². The number of aliphatic hydroxyl groups excluding tert-OH is 4. The average molecular weight is 1580 g/mol. The molecule has 0 aromatic heterocycles. The van der Waals surface area contributed by atoms with Gasteiger partial charge in [-0.25, -0.2) is 0 Å². The van der Waals surface area contributed by atoms with Crippen LogP contribution >= 0.6 is 0 Å². The number of carboxylic acids is 2. The van der Waals surface area contributed by atoms with E-state index in [4.69, 9.17) is 24.4 Å². The van der Waals surface area contributed by atoms with Crippen LogP contribution in [0, 0.1) is 0 Å². The summed E-state index contributed by atoms with van der Waals surface area (Å²) in [6.45, 7) is 18.2. The molecule has 0 amide bonds. The number of hydrogen-bond acceptors (Lipinski definition) is 12. The topological polar surface area (TPSA) is 234 Å². The fraction of sp³-hybridized carbons (Fsp3) is 0.827. The first-order valence-corrected chi connectivity index (χ1v) is 47.0. The summed E-state index contributed by atoms with van der Waals surface area (Å²) >= 11 is 0. The van der Waals surface area contributed by atoms with Crippen LogP contribution in [0.3, 0.4) is 0 Å². The fourth-order valence-corrected chi connectivity index (χ4v) is 13.0. The Hall–Kier alpha value is -4.37. The van der Waals surface area contributed by atoms with Crippen LogP contribution in [-0.2, 0) is 38.2 Å². The molecule has 0 saturated carbocycles. The Morgan fingerprint density at radius 2 is 0.464 bits per heavy atom. The summed E-state index contributed by atoms with van der Waals surface area (Å²) in [4.78, 5) is 58.7. The second kappa shape index (κ2) is 99.0. The van der Waals surface area contributed by atoms with Crippen LogP contribution in [0.1, 0.15) is 478 Å². The molecule has 112 heavy (non-hydrogen) atoms. The summed E-state index contributed by atoms with van der Waals surface area (Å²) < 4.78 is 16.8. The van der Waals surface area contributed by atoms with Crippen molar-refractivity contribution in [1.82, 2.24) is 0 Å². The van der Waals surface area contributed by atoms with Crippen molar-refractivity contribution in [3.8, 4) is 0 Å². The van der Waals surface area contributed by atoms with Crippen molar-refractivity contribution in [2.24, 2.45) is 0 Å². The Morgan fingerprint density at radius 1 is 0.259 bits per heavy atom. The third kappa shape index (κ3) is 106. The molecule has 0 radical (unpaired) electrons. The van der Waals surface area contributed by atoms with Gasteiger partial charge >= 0.3 is 29.8 Å². The van der Waals surface area contributed by atoms with Crippen molar-refractivity contribution in [1.29, 1.82) is 0 Å². The molecule has 0 heterocycles. The second-order valence-electron chi connectivity index (χ2n) is 31.8. The molecule has 658 valence electrons. The van der Waals surface area contributed by atoms with Gasteiger partial charge < -0.3 is 44.8 Å². The Kier molecular flexibility index (Phi) is 101. The molecular weight excluding hydrogens is 1400 g/mol. The van der Waals surface area contributed by atoms with Gasteiger partial charge in [0.2, 0.25) is 0 Å². The van der Waals surface area contributed by atoms with E-state index in [-0.39, 0.29) is 62.0 Å². The molecule has 0 spiro atoms. The maximum Gasteiger partial charge on any atom is 0.306 e. The molecule has 0 aromatic carbocycles. The van der Waals surface area contributed by atoms with E-state index in [0.717, 1.165) is 238 Å². The highest BCUT2D eigenvalue weighted by Crippen LogP contribution is 2.19. The van der Waals surface area contributed by atoms with Crippen molar-refractivity contribution in [2.75, 3.05) is 13.2 Å². The smallest absolute Gasteiger partial charge is 0.306 e. The van der Waals surface area contributed by atoms with Crippen molar-refractivity contribution in [3.05, 3.63) is 73.9 Å². The number of hydrogen-bond donors (Lipinski definition) is 6. The molecule has 0 rings (SSSR count). The van der Waals surface area contributed by atoms with Crippen molar-refractivity contribution in [2.45, 2.75) is 508 Å². The van der Waals surface area contributed by atoms with Gasteiger partial charge in [0.25, 0.3) is 0 Å². The van der Waals surface area contributed by atoms with Crippen molar-refractivity contribution in [3.63, 3.8) is 0 Å². The quantitative estimate of drug-likeness (QED) is 0.0144. The van der Waals surface area contributed by atoms with Gasteiger partial charge in [-0.2, -0.15) is 0 Å². The number of unbranched alkanes of at least 4 members (excludes halogenated alkanes) is 46. The highest BCUT2D eigenvalue weighted by atomic mass is 16.6. The molecule has 4 unspecified atom stereocenters. The molecule has 0 aromatic rings. The van der Waals surface area contributed by atoms with Crippen LogP contribution in [0.4, 0.5) is 0 Å². The predicted octanol–water partition coefficient (Wildman–Crippen LogP) is 28.2. The van der Waals surface area contributed by atoms with Gasteiger partial charge in [0, 0.05) is 32.1 Å². The van der Waals surface area contributed by atoms with E-state index in [1.807, 2.05) is 12.2 Å². The van der Waals surface area contributed by atoms with Gasteiger partial charge in [-0.3, -0.25) is 24.0 Å². The highest BCUT2D eigenvalue weighted by molar-refractivity contribution is 5.71. The van der Waals surface area contributed by atoms with E-state index in [1.54, 1.807) is 0 Å². The Labute approximate surface area is 690 Å². The van der Waals surface area contributed by atoms with Gasteiger partial charge in [0.1, 0.15) is 13.2 Å². The third-order valence-electron chi connectivity index (χ3n) is 20.3. The molecule has 14 nitrogen and oxygen atoms in total. The van der Waals surface area contributed by atoms with Gasteiger partial charge in [-0.1, -0.05) is 346 Å². The minimum absolute atomic E-state index is 0.131. The number of rotatable bonds is 83. The van der Waals surface area contributed by atoms with E-state index in [2.05, 4.69) is 96.4 Å². The molecule has 0 fully saturated rings. The van der Waals surface area contributed by atoms with E-state index < -0.39 is 18.0 Å². The lowest BCUT2D eigenvalue weighted by atomic mass is 10.1. The maximum absolute atomic E-state index is 12.9. The summed E-state index contributed by atoms with van der Waals surface area (Å²) in [5.41, 5.74) is 0. The first-order chi connectivity index (χ1) is 54.6. The number of aliphatic carboxylic acids is 2. The normalized spacial score (nSPS) is 12.7. The SMILES string of the molecule is C=CCCCCCC.C=CCCCCCCCCC(=O)O.CCCCCCCC(O)C/C=C\CCCCCCCC(=O)O.CCCCCCCC(O)C/C=C\CCCCCCCC(=O)OCC(COC(=O)CCCCCCC/C=C\CC(O)CCCCCCC)OC(=O)CCCCCCC/C=C\CC(O)CCCCCCC. The third-order valence-corrected chi connectivity index (χ3v) is 20.3. The Balaban J connectivity index is -0.00000108. The van der Waals surface area contributed by atoms with Crippen molar-refractivity contribution >= 4 is 29.8 Å². The summed E-state index contributed by atoms with van der Waals surface area (Å²) in [5.74, 6) is -2.40. The summed E-state index contributed by atoms with van der Waals surface area (Å²) in [7, 11) is 0. The molecule has 0 aliphatic carbocycles. The van der Waals surface area contributed by atoms with Crippen LogP contribution in [0.15, 0.2) is 73.9 Å². The van der Waals surface area contributed by atoms with Gasteiger partial charge in [0.05, 0.1) is 24.4 Å². The Morgan fingerprint density at radius 3 is 0.714 bits per heavy atom. The first-order valence-electron chi connectivity index (χ1n) is 47.0. The van der Waals surface area contributed by atoms with Crippen LogP contribution in [-0.4, -0.2) is 104 Å². The van der Waals surface area contributed by atoms with Crippen LogP contribution in [0.5, 0.6) is 0 Å². The highest BCUT2D eigenvalue weighted by Gasteiger charge is 2.20. The molecule has 0 aliphatic rings. The summed E-state index contributed by atoms with van der Waals surface area (Å²) in [6, 6.07) is 0. The van der Waals surface area contributed by atoms with E-state index in [1.165, 1.54) is 167 Å². The average Bonchev–Trinajstić information content (AvgIpc) is 0.941. The number of allylic oxidation sites excluding steroid dienone is 6. The monoisotopic (exact) mass is 1580 g/mol. The molecule has 14 heteroatoms. The van der Waals surface area contributed by atoms with Crippen molar-refractivity contribution < 1.29 is 68.8 Å². The fourth-order valence-electron chi connectivity index (χ4n) is 13.0. The summed E-state index contributed by atoms with van der Waals surface area (Å²) in [5, 5.41) is 57.3. The van der Waals surface area contributed by atoms with Crippen LogP contribution in [0.25, 0.3) is 0 Å². The zero-order valence-corrected chi connectivity index (χ0v) is 73.7. The minimum atomic E-state index is -0.836. The van der Waals surface area contributed by atoms with Gasteiger partial charge in [0.15, 0.2) is 6.10 Å². The largest absolute Gasteiger partial charge is 0.481 e. The van der Waals surface area contributed by atoms with Crippen LogP contribution in [0.2, 0.25) is 0 Å². The number of ether oxygens (including phenoxy) is 3. The van der Waals surface area contributed by atoms with Crippen LogP contribution < -0.4 is 0 Å². The maximum atomic E-state index is 12.9. The number of carbonyl (C=O) groups is 5. The second-order valence-corrected chi connectivity index (χ2v) is 31.8. The number of aliphatic hydroxyl groups is 4. The molecule has 0 aliphatic heterocycles. The molecule has 0 saturated heterocycles. The molecule has 6 N–H and O–H groups in total. The predicted molar refractivity (Wildman–Crippen MR) is 475 cm³/mol. The lowest BCUT2D eigenvalue weighted by molar-refractivity contribution is -0.167. The zero-order valence-electron chi connectivity index (χ0n) is 73.7. The molecule has 0 bridgehead atoms. The first kappa shape index (κ1) is 114. The van der Waals surface area contributed by atoms with Gasteiger partial charge in [-0.05, 0) is 161 Å². The standard InChI is InChI=1S/C60H110O9.C19H36O3.C11H20O2.C8H16/c1-4-7-10-25-34-43-54(61)46-37-28-19-13-16-22-31-40-49-58(64)67-52-57(69-60(66)51-42-33-24-18-15-21-30-39-48-56(63)45-36-27-12-9-6-3)53-68-59(65)50-41-32-23-17-14-20-29-38-47-55(62)44-35-26-11-8-5-2;1-2-3-4-9-12-15-18(20)16-13-10-7-5-6-8-11-14-17-19(21)22;1-2-3-4-5-6-7-8-9-10-11(12)13;1-3-5-7-8-6-4-2/h28-30,37-39,54-57,61-63H,4-27,31-36,40-53H2,1-3H3;10,13,18,20H,2-9,11-12,14-17H2,1H3,(H,21,22);2H,1,3-10H2,(H,12,13);3H,1,4-8H2,2H3/b37-28-,38-29-,39-30-;13-10-;;. The summed E-state index contributed by atoms with van der Waals surface area (Å²) in [6.07, 6.45) is 90.5. The Bertz CT molecular complexity index is 2040. The van der Waals surface area contributed by atoms with E-state index in [0.29, 0.717) is 32.1 Å². The number of carboxylic acid groups (broad SMARTS) is 2. The lowest BCUT2D eigenvalue weighted by Gasteiger charge is -2.18. The molecular formula is C98H182O14.